The predicted molar refractivity (Wildman–Crippen MR) is 139 cm³/mol. The van der Waals surface area contributed by atoms with Crippen molar-refractivity contribution >= 4 is 28.6 Å². The van der Waals surface area contributed by atoms with Gasteiger partial charge in [0.1, 0.15) is 17.9 Å². The number of amides is 1. The van der Waals surface area contributed by atoms with Gasteiger partial charge in [0.25, 0.3) is 5.91 Å². The molecule has 36 heavy (non-hydrogen) atoms. The Morgan fingerprint density at radius 2 is 1.94 bits per heavy atom. The van der Waals surface area contributed by atoms with Crippen LogP contribution in [0.4, 0.5) is 16.0 Å². The first-order valence-corrected chi connectivity index (χ1v) is 12.9. The summed E-state index contributed by atoms with van der Waals surface area (Å²) in [6.45, 7) is 5.42. The molecule has 1 saturated heterocycles. The SMILES string of the molecule is Cc1c(C(=O)N(C)C)n(C2CCCC2)c2nc(Nc3ccc(OCCN4CCCC4)c(F)c3)ncc12. The van der Waals surface area contributed by atoms with Gasteiger partial charge in [0.2, 0.25) is 5.95 Å². The van der Waals surface area contributed by atoms with Gasteiger partial charge in [0.05, 0.1) is 0 Å². The number of carbonyl (C=O) groups is 1. The summed E-state index contributed by atoms with van der Waals surface area (Å²) in [6.07, 6.45) is 8.52. The zero-order valence-corrected chi connectivity index (χ0v) is 21.4. The maximum Gasteiger partial charge on any atom is 0.270 e. The number of carbonyl (C=O) groups excluding carboxylic acids is 1. The van der Waals surface area contributed by atoms with Crippen LogP contribution in [0.2, 0.25) is 0 Å². The van der Waals surface area contributed by atoms with E-state index in [1.807, 2.05) is 6.92 Å². The van der Waals surface area contributed by atoms with Crippen molar-refractivity contribution in [1.82, 2.24) is 24.3 Å². The highest BCUT2D eigenvalue weighted by Gasteiger charge is 2.29. The van der Waals surface area contributed by atoms with Crippen LogP contribution in [-0.2, 0) is 0 Å². The van der Waals surface area contributed by atoms with Crippen molar-refractivity contribution in [3.8, 4) is 5.75 Å². The molecule has 0 bridgehead atoms. The predicted octanol–water partition coefficient (Wildman–Crippen LogP) is 4.91. The minimum absolute atomic E-state index is 0.0331. The van der Waals surface area contributed by atoms with Crippen LogP contribution in [0.3, 0.4) is 0 Å². The summed E-state index contributed by atoms with van der Waals surface area (Å²) in [4.78, 5) is 26.3. The second-order valence-electron chi connectivity index (χ2n) is 10.1. The second-order valence-corrected chi connectivity index (χ2v) is 10.1. The van der Waals surface area contributed by atoms with E-state index in [4.69, 9.17) is 9.72 Å². The van der Waals surface area contributed by atoms with Gasteiger partial charge in [-0.25, -0.2) is 9.37 Å². The highest BCUT2D eigenvalue weighted by Crippen LogP contribution is 2.37. The molecule has 2 aromatic heterocycles. The van der Waals surface area contributed by atoms with E-state index >= 15 is 0 Å². The number of rotatable bonds is 8. The Balaban J connectivity index is 1.38. The van der Waals surface area contributed by atoms with E-state index in [2.05, 4.69) is 19.8 Å². The van der Waals surface area contributed by atoms with E-state index in [9.17, 15) is 9.18 Å². The Bertz CT molecular complexity index is 1240. The van der Waals surface area contributed by atoms with E-state index < -0.39 is 5.82 Å². The van der Waals surface area contributed by atoms with E-state index in [0.717, 1.165) is 61.9 Å². The van der Waals surface area contributed by atoms with Crippen LogP contribution in [0.25, 0.3) is 11.0 Å². The van der Waals surface area contributed by atoms with Gasteiger partial charge in [-0.3, -0.25) is 9.69 Å². The fourth-order valence-electron chi connectivity index (χ4n) is 5.40. The molecule has 8 nitrogen and oxygen atoms in total. The van der Waals surface area contributed by atoms with E-state index in [1.54, 1.807) is 37.3 Å². The molecule has 0 spiro atoms. The zero-order valence-electron chi connectivity index (χ0n) is 21.4. The molecule has 1 aliphatic heterocycles. The molecule has 1 aliphatic carbocycles. The van der Waals surface area contributed by atoms with Gasteiger partial charge in [-0.1, -0.05) is 12.8 Å². The van der Waals surface area contributed by atoms with Crippen molar-refractivity contribution in [3.05, 3.63) is 41.5 Å². The lowest BCUT2D eigenvalue weighted by atomic mass is 10.2. The molecule has 1 amide bonds. The summed E-state index contributed by atoms with van der Waals surface area (Å²) < 4.78 is 22.5. The van der Waals surface area contributed by atoms with Crippen molar-refractivity contribution in [2.75, 3.05) is 45.7 Å². The molecule has 1 N–H and O–H groups in total. The summed E-state index contributed by atoms with van der Waals surface area (Å²) in [6, 6.07) is 5.04. The quantitative estimate of drug-likeness (QED) is 0.479. The number of anilines is 2. The van der Waals surface area contributed by atoms with Crippen LogP contribution >= 0.6 is 0 Å². The van der Waals surface area contributed by atoms with Gasteiger partial charge >= 0.3 is 0 Å². The number of likely N-dealkylation sites (tertiary alicyclic amines) is 1. The third-order valence-electron chi connectivity index (χ3n) is 7.35. The summed E-state index contributed by atoms with van der Waals surface area (Å²) in [5.74, 6) is 0.153. The van der Waals surface area contributed by atoms with Gasteiger partial charge in [-0.2, -0.15) is 4.98 Å². The minimum Gasteiger partial charge on any atom is -0.489 e. The third kappa shape index (κ3) is 4.89. The summed E-state index contributed by atoms with van der Waals surface area (Å²) >= 11 is 0. The Kier molecular flexibility index (Phi) is 7.09. The summed E-state index contributed by atoms with van der Waals surface area (Å²) in [5, 5.41) is 4.00. The smallest absolute Gasteiger partial charge is 0.270 e. The number of aromatic nitrogens is 3. The van der Waals surface area contributed by atoms with Crippen molar-refractivity contribution < 1.29 is 13.9 Å². The fourth-order valence-corrected chi connectivity index (χ4v) is 5.40. The molecule has 1 aromatic carbocycles. The molecule has 192 valence electrons. The van der Waals surface area contributed by atoms with Crippen molar-refractivity contribution in [2.24, 2.45) is 0 Å². The molecule has 3 heterocycles. The fraction of sp³-hybridized carbons (Fsp3) is 0.519. The second kappa shape index (κ2) is 10.4. The van der Waals surface area contributed by atoms with Gasteiger partial charge in [-0.05, 0) is 63.4 Å². The topological polar surface area (TPSA) is 75.5 Å². The normalized spacial score (nSPS) is 16.7. The Hall–Kier alpha value is -3.20. The lowest BCUT2D eigenvalue weighted by Gasteiger charge is -2.19. The first kappa shape index (κ1) is 24.5. The van der Waals surface area contributed by atoms with Crippen molar-refractivity contribution in [1.29, 1.82) is 0 Å². The molecule has 2 fully saturated rings. The highest BCUT2D eigenvalue weighted by molar-refractivity contribution is 6.00. The number of ether oxygens (including phenoxy) is 1. The molecule has 2 aliphatic rings. The highest BCUT2D eigenvalue weighted by atomic mass is 19.1. The number of hydrogen-bond donors (Lipinski definition) is 1. The van der Waals surface area contributed by atoms with Crippen LogP contribution in [-0.4, -0.2) is 70.6 Å². The standard InChI is InChI=1S/C27H35FN6O2/c1-18-21-17-29-27(31-25(21)34(20-8-4-5-9-20)24(18)26(35)32(2)3)30-19-10-11-23(22(28)16-19)36-15-14-33-12-6-7-13-33/h10-11,16-17,20H,4-9,12-15H2,1-3H3,(H,29,30,31). The summed E-state index contributed by atoms with van der Waals surface area (Å²) in [5.41, 5.74) is 2.85. The first-order chi connectivity index (χ1) is 17.4. The Morgan fingerprint density at radius 3 is 2.64 bits per heavy atom. The molecule has 0 radical (unpaired) electrons. The maximum absolute atomic E-state index is 14.7. The Morgan fingerprint density at radius 1 is 1.19 bits per heavy atom. The number of aryl methyl sites for hydroxylation is 1. The molecule has 1 saturated carbocycles. The van der Waals surface area contributed by atoms with Gasteiger partial charge < -0.3 is 19.5 Å². The summed E-state index contributed by atoms with van der Waals surface area (Å²) in [7, 11) is 3.54. The van der Waals surface area contributed by atoms with Crippen LogP contribution in [0.1, 0.15) is 60.6 Å². The average molecular weight is 495 g/mol. The van der Waals surface area contributed by atoms with Crippen molar-refractivity contribution in [2.45, 2.75) is 51.5 Å². The lowest BCUT2D eigenvalue weighted by molar-refractivity contribution is 0.0814. The van der Waals surface area contributed by atoms with Gasteiger partial charge in [-0.15, -0.1) is 0 Å². The molecule has 5 rings (SSSR count). The van der Waals surface area contributed by atoms with Crippen LogP contribution < -0.4 is 10.1 Å². The number of nitrogens with zero attached hydrogens (tertiary/aromatic N) is 5. The molecular weight excluding hydrogens is 459 g/mol. The number of fused-ring (bicyclic) bond motifs is 1. The van der Waals surface area contributed by atoms with Crippen LogP contribution in [0.15, 0.2) is 24.4 Å². The number of benzene rings is 1. The molecule has 3 aromatic rings. The van der Waals surface area contributed by atoms with E-state index in [0.29, 0.717) is 23.9 Å². The number of halogens is 1. The van der Waals surface area contributed by atoms with Gasteiger partial charge in [0.15, 0.2) is 11.6 Å². The zero-order chi connectivity index (χ0) is 25.2. The monoisotopic (exact) mass is 494 g/mol. The molecular formula is C27H35FN6O2. The molecule has 0 unspecified atom stereocenters. The largest absolute Gasteiger partial charge is 0.489 e. The lowest BCUT2D eigenvalue weighted by Crippen LogP contribution is -2.26. The first-order valence-electron chi connectivity index (χ1n) is 12.9. The number of hydrogen-bond acceptors (Lipinski definition) is 6. The van der Waals surface area contributed by atoms with Gasteiger partial charge in [0, 0.05) is 50.0 Å². The molecule has 9 heteroatoms. The Labute approximate surface area is 211 Å². The van der Waals surface area contributed by atoms with Crippen LogP contribution in [0.5, 0.6) is 5.75 Å². The number of nitrogens with one attached hydrogen (secondary N) is 1. The van der Waals surface area contributed by atoms with E-state index in [1.165, 1.54) is 18.9 Å². The third-order valence-corrected chi connectivity index (χ3v) is 7.35. The maximum atomic E-state index is 14.7. The minimum atomic E-state index is -0.424. The van der Waals surface area contributed by atoms with Crippen LogP contribution in [0, 0.1) is 12.7 Å². The molecule has 0 atom stereocenters. The van der Waals surface area contributed by atoms with E-state index in [-0.39, 0.29) is 17.7 Å². The average Bonchev–Trinajstić information content (AvgIpc) is 3.61. The van der Waals surface area contributed by atoms with Crippen molar-refractivity contribution in [3.63, 3.8) is 0 Å².